The van der Waals surface area contributed by atoms with Gasteiger partial charge in [0, 0.05) is 10.7 Å². The van der Waals surface area contributed by atoms with Gasteiger partial charge in [-0.05, 0) is 52.5 Å². The van der Waals surface area contributed by atoms with Gasteiger partial charge in [0.05, 0.1) is 11.7 Å². The Kier molecular flexibility index (Phi) is 17.3. The number of anilines is 1. The molecule has 0 aliphatic heterocycles. The third-order valence-corrected chi connectivity index (χ3v) is 7.03. The molecule has 2 atom stereocenters. The van der Waals surface area contributed by atoms with Gasteiger partial charge in [0.1, 0.15) is 5.75 Å². The van der Waals surface area contributed by atoms with Crippen LogP contribution in [0.5, 0.6) is 5.75 Å². The van der Waals surface area contributed by atoms with Crippen LogP contribution in [0.4, 0.5) is 5.69 Å². The lowest BCUT2D eigenvalue weighted by Gasteiger charge is -2.35. The van der Waals surface area contributed by atoms with Crippen molar-refractivity contribution in [2.45, 2.75) is 98.6 Å². The van der Waals surface area contributed by atoms with Crippen LogP contribution in [0.25, 0.3) is 0 Å². The third-order valence-electron chi connectivity index (χ3n) is 6.66. The van der Waals surface area contributed by atoms with Crippen LogP contribution in [0, 0.1) is 15.5 Å². The molecular weight excluding hydrogens is 518 g/mol. The van der Waals surface area contributed by atoms with Crippen molar-refractivity contribution in [3.63, 3.8) is 0 Å². The summed E-state index contributed by atoms with van der Waals surface area (Å²) in [5, 5.41) is 20.4. The van der Waals surface area contributed by atoms with Crippen molar-refractivity contribution in [2.24, 2.45) is 11.1 Å². The molecule has 0 bridgehead atoms. The molecule has 40 heavy (non-hydrogen) atoms. The van der Waals surface area contributed by atoms with Crippen LogP contribution in [0.3, 0.4) is 0 Å². The SMILES string of the molecule is CCC.CCc1cc(C(C)(C)CC(C)(C)CC)cc(N)c1O.NC1C=CC(CS)=CC1[N+](=O)[O-].c1ccccc1. The van der Waals surface area contributed by atoms with Gasteiger partial charge >= 0.3 is 0 Å². The van der Waals surface area contributed by atoms with Crippen LogP contribution < -0.4 is 11.5 Å². The standard InChI is InChI=1S/C17H29NO.C7H10N2O2S.C6H6.C3H8/c1-7-12-9-13(10-14(18)15(12)19)17(5,6)11-16(3,4)8-2;8-6-2-1-5(4-12)3-7(6)9(10)11;1-2-4-6-5-3-1;1-3-2/h9-10,19H,7-8,11,18H2,1-6H3;1-3,6-7,12H,4,8H2;1-6H;3H2,1-2H3. The first-order valence-corrected chi connectivity index (χ1v) is 14.8. The average Bonchev–Trinajstić information content (AvgIpc) is 2.92. The van der Waals surface area contributed by atoms with Crippen molar-refractivity contribution in [3.05, 3.63) is 93.6 Å². The Balaban J connectivity index is 0.000000610. The summed E-state index contributed by atoms with van der Waals surface area (Å²) < 4.78 is 0. The van der Waals surface area contributed by atoms with E-state index in [2.05, 4.69) is 67.2 Å². The fraction of sp³-hybridized carbons (Fsp3) is 0.515. The number of aryl methyl sites for hydroxylation is 1. The van der Waals surface area contributed by atoms with E-state index in [4.69, 9.17) is 11.5 Å². The van der Waals surface area contributed by atoms with E-state index in [0.717, 1.165) is 30.4 Å². The van der Waals surface area contributed by atoms with Crippen molar-refractivity contribution in [3.8, 4) is 5.75 Å². The maximum absolute atomic E-state index is 10.4. The van der Waals surface area contributed by atoms with Crippen molar-refractivity contribution in [1.82, 2.24) is 0 Å². The van der Waals surface area contributed by atoms with Crippen molar-refractivity contribution in [1.29, 1.82) is 0 Å². The van der Waals surface area contributed by atoms with Gasteiger partial charge in [-0.3, -0.25) is 10.1 Å². The average molecular weight is 572 g/mol. The second-order valence-electron chi connectivity index (χ2n) is 11.5. The Morgan fingerprint density at radius 3 is 1.90 bits per heavy atom. The molecule has 3 rings (SSSR count). The molecule has 0 radical (unpaired) electrons. The Morgan fingerprint density at radius 1 is 1.00 bits per heavy atom. The maximum Gasteiger partial charge on any atom is 0.250 e. The van der Waals surface area contributed by atoms with Crippen LogP contribution >= 0.6 is 12.6 Å². The molecule has 7 heteroatoms. The minimum atomic E-state index is -0.794. The third kappa shape index (κ3) is 13.5. The summed E-state index contributed by atoms with van der Waals surface area (Å²) >= 11 is 4.02. The molecule has 1 aliphatic rings. The van der Waals surface area contributed by atoms with Crippen LogP contribution in [-0.2, 0) is 11.8 Å². The lowest BCUT2D eigenvalue weighted by molar-refractivity contribution is -0.510. The van der Waals surface area contributed by atoms with Gasteiger partial charge in [0.2, 0.25) is 6.04 Å². The number of nitrogens with zero attached hydrogens (tertiary/aromatic N) is 1. The number of rotatable bonds is 7. The molecular formula is C33H53N3O3S. The summed E-state index contributed by atoms with van der Waals surface area (Å²) in [5.41, 5.74) is 15.3. The second kappa shape index (κ2) is 18.6. The summed E-state index contributed by atoms with van der Waals surface area (Å²) in [5.74, 6) is 0.755. The fourth-order valence-corrected chi connectivity index (χ4v) is 4.44. The number of allylic oxidation sites excluding steroid dienone is 1. The lowest BCUT2D eigenvalue weighted by atomic mass is 9.70. The van der Waals surface area contributed by atoms with E-state index >= 15 is 0 Å². The van der Waals surface area contributed by atoms with Crippen molar-refractivity contribution >= 4 is 18.3 Å². The monoisotopic (exact) mass is 571 g/mol. The summed E-state index contributed by atoms with van der Waals surface area (Å²) in [6, 6.07) is 14.7. The Morgan fingerprint density at radius 2 is 1.50 bits per heavy atom. The Labute approximate surface area is 248 Å². The van der Waals surface area contributed by atoms with E-state index in [-0.39, 0.29) is 16.1 Å². The molecule has 1 aliphatic carbocycles. The van der Waals surface area contributed by atoms with Gasteiger partial charge in [0.15, 0.2) is 0 Å². The molecule has 0 amide bonds. The highest BCUT2D eigenvalue weighted by Crippen LogP contribution is 2.41. The van der Waals surface area contributed by atoms with Crippen molar-refractivity contribution < 1.29 is 10.0 Å². The topological polar surface area (TPSA) is 115 Å². The normalized spacial score (nSPS) is 16.2. The number of thiol groups is 1. The van der Waals surface area contributed by atoms with Crippen LogP contribution in [-0.4, -0.2) is 27.9 Å². The predicted octanol–water partition coefficient (Wildman–Crippen LogP) is 8.13. The van der Waals surface area contributed by atoms with E-state index in [1.54, 1.807) is 18.2 Å². The zero-order valence-corrected chi connectivity index (χ0v) is 26.7. The molecule has 2 aromatic carbocycles. The number of hydrogen-bond donors (Lipinski definition) is 4. The molecule has 5 N–H and O–H groups in total. The number of nitrogen functional groups attached to an aromatic ring is 1. The molecule has 2 unspecified atom stereocenters. The molecule has 0 saturated carbocycles. The molecule has 0 fully saturated rings. The van der Waals surface area contributed by atoms with Crippen LogP contribution in [0.2, 0.25) is 0 Å². The van der Waals surface area contributed by atoms with Gasteiger partial charge in [-0.2, -0.15) is 12.6 Å². The molecule has 0 aromatic heterocycles. The van der Waals surface area contributed by atoms with Crippen molar-refractivity contribution in [2.75, 3.05) is 11.5 Å². The second-order valence-corrected chi connectivity index (χ2v) is 11.8. The number of benzene rings is 2. The summed E-state index contributed by atoms with van der Waals surface area (Å²) in [6.07, 6.45) is 9.28. The van der Waals surface area contributed by atoms with E-state index < -0.39 is 12.1 Å². The maximum atomic E-state index is 10.4. The fourth-order valence-electron chi connectivity index (χ4n) is 4.23. The van der Waals surface area contributed by atoms with Gasteiger partial charge in [-0.15, -0.1) is 0 Å². The number of nitrogens with two attached hydrogens (primary N) is 2. The van der Waals surface area contributed by atoms with E-state index in [0.29, 0.717) is 16.9 Å². The number of aromatic hydroxyl groups is 1. The minimum Gasteiger partial charge on any atom is -0.506 e. The highest BCUT2D eigenvalue weighted by atomic mass is 32.1. The molecule has 0 heterocycles. The van der Waals surface area contributed by atoms with Gasteiger partial charge in [-0.1, -0.05) is 123 Å². The zero-order chi connectivity index (χ0) is 30.9. The summed E-state index contributed by atoms with van der Waals surface area (Å²) in [7, 11) is 0. The summed E-state index contributed by atoms with van der Waals surface area (Å²) in [6.45, 7) is 17.7. The van der Waals surface area contributed by atoms with Gasteiger partial charge in [0.25, 0.3) is 0 Å². The van der Waals surface area contributed by atoms with Crippen LogP contribution in [0.1, 0.15) is 85.8 Å². The molecule has 2 aromatic rings. The van der Waals surface area contributed by atoms with E-state index in [1.807, 2.05) is 49.4 Å². The Bertz CT molecular complexity index is 1040. The first-order chi connectivity index (χ1) is 18.7. The number of phenols is 1. The van der Waals surface area contributed by atoms with Crippen LogP contribution in [0.15, 0.2) is 72.3 Å². The van der Waals surface area contributed by atoms with E-state index in [1.165, 1.54) is 12.0 Å². The summed E-state index contributed by atoms with van der Waals surface area (Å²) in [4.78, 5) is 10.1. The highest BCUT2D eigenvalue weighted by molar-refractivity contribution is 7.80. The molecule has 224 valence electrons. The first kappa shape index (κ1) is 37.2. The molecule has 0 spiro atoms. The van der Waals surface area contributed by atoms with Gasteiger partial charge in [-0.25, -0.2) is 0 Å². The lowest BCUT2D eigenvalue weighted by Crippen LogP contribution is -2.39. The number of phenolic OH excluding ortho intramolecular Hbond substituents is 1. The highest BCUT2D eigenvalue weighted by Gasteiger charge is 2.30. The molecule has 0 saturated heterocycles. The quantitative estimate of drug-likeness (QED) is 0.0880. The van der Waals surface area contributed by atoms with E-state index in [9.17, 15) is 15.2 Å². The zero-order valence-electron chi connectivity index (χ0n) is 25.9. The van der Waals surface area contributed by atoms with Gasteiger partial charge < -0.3 is 16.6 Å². The smallest absolute Gasteiger partial charge is 0.250 e. The number of hydrogen-bond acceptors (Lipinski definition) is 6. The minimum absolute atomic E-state index is 0.0608. The molecule has 6 nitrogen and oxygen atoms in total. The largest absolute Gasteiger partial charge is 0.506 e. The Hall–Kier alpha value is -2.77. The number of nitro groups is 1. The first-order valence-electron chi connectivity index (χ1n) is 14.2. The predicted molar refractivity (Wildman–Crippen MR) is 176 cm³/mol.